The number of para-hydroxylation sites is 1. The number of aliphatic imine (C=N–C) groups is 1. The van der Waals surface area contributed by atoms with Gasteiger partial charge in [-0.3, -0.25) is 4.99 Å². The van der Waals surface area contributed by atoms with Crippen LogP contribution in [0.1, 0.15) is 17.3 Å². The Morgan fingerprint density at radius 2 is 1.83 bits per heavy atom. The van der Waals surface area contributed by atoms with Crippen LogP contribution in [0.5, 0.6) is 5.75 Å². The van der Waals surface area contributed by atoms with Crippen molar-refractivity contribution in [3.63, 3.8) is 0 Å². The van der Waals surface area contributed by atoms with Crippen LogP contribution in [-0.4, -0.2) is 13.3 Å². The molecule has 0 spiro atoms. The average Bonchev–Trinajstić information content (AvgIpc) is 2.47. The number of hydrogen-bond donors (Lipinski definition) is 1. The lowest BCUT2D eigenvalue weighted by molar-refractivity contribution is 0.414. The second-order valence-corrected chi connectivity index (χ2v) is 4.19. The summed E-state index contributed by atoms with van der Waals surface area (Å²) >= 11 is 0. The normalized spacial score (nSPS) is 16.8. The Morgan fingerprint density at radius 3 is 2.61 bits per heavy atom. The lowest BCUT2D eigenvalue weighted by Crippen LogP contribution is -2.14. The second-order valence-electron chi connectivity index (χ2n) is 4.19. The highest BCUT2D eigenvalue weighted by atomic mass is 16.5. The Morgan fingerprint density at radius 1 is 1.06 bits per heavy atom. The van der Waals surface area contributed by atoms with E-state index in [4.69, 9.17) is 4.74 Å². The molecule has 0 bridgehead atoms. The van der Waals surface area contributed by atoms with E-state index in [0.29, 0.717) is 0 Å². The van der Waals surface area contributed by atoms with Crippen molar-refractivity contribution in [3.8, 4) is 5.75 Å². The number of rotatable bonds is 2. The van der Waals surface area contributed by atoms with E-state index in [-0.39, 0.29) is 6.17 Å². The van der Waals surface area contributed by atoms with E-state index in [0.717, 1.165) is 22.6 Å². The maximum absolute atomic E-state index is 5.15. The molecule has 2 aromatic carbocycles. The predicted molar refractivity (Wildman–Crippen MR) is 73.4 cm³/mol. The zero-order valence-electron chi connectivity index (χ0n) is 10.1. The van der Waals surface area contributed by atoms with Crippen LogP contribution in [0.4, 0.5) is 5.69 Å². The molecule has 2 aromatic rings. The minimum atomic E-state index is -0.0224. The summed E-state index contributed by atoms with van der Waals surface area (Å²) in [5.41, 5.74) is 3.37. The zero-order valence-corrected chi connectivity index (χ0v) is 10.1. The van der Waals surface area contributed by atoms with Crippen LogP contribution in [0, 0.1) is 0 Å². The van der Waals surface area contributed by atoms with Crippen molar-refractivity contribution >= 4 is 11.9 Å². The quantitative estimate of drug-likeness (QED) is 0.871. The zero-order chi connectivity index (χ0) is 12.4. The third-order valence-corrected chi connectivity index (χ3v) is 3.05. The Bertz CT molecular complexity index is 575. The molecule has 0 aromatic heterocycles. The van der Waals surface area contributed by atoms with Crippen LogP contribution >= 0.6 is 0 Å². The summed E-state index contributed by atoms with van der Waals surface area (Å²) in [5.74, 6) is 0.860. The van der Waals surface area contributed by atoms with Gasteiger partial charge >= 0.3 is 0 Å². The molecular weight excluding hydrogens is 224 g/mol. The molecule has 1 aliphatic heterocycles. The van der Waals surface area contributed by atoms with Gasteiger partial charge in [-0.1, -0.05) is 30.3 Å². The van der Waals surface area contributed by atoms with E-state index in [2.05, 4.69) is 22.4 Å². The number of anilines is 1. The fraction of sp³-hybridized carbons (Fsp3) is 0.133. The van der Waals surface area contributed by atoms with Crippen molar-refractivity contribution in [2.24, 2.45) is 4.99 Å². The minimum Gasteiger partial charge on any atom is -0.497 e. The van der Waals surface area contributed by atoms with Gasteiger partial charge < -0.3 is 10.1 Å². The first-order chi connectivity index (χ1) is 8.86. The largest absolute Gasteiger partial charge is 0.497 e. The van der Waals surface area contributed by atoms with E-state index in [1.165, 1.54) is 0 Å². The minimum absolute atomic E-state index is 0.0224. The molecule has 1 atom stereocenters. The van der Waals surface area contributed by atoms with Crippen LogP contribution in [0.2, 0.25) is 0 Å². The first-order valence-electron chi connectivity index (χ1n) is 5.89. The Balaban J connectivity index is 1.87. The van der Waals surface area contributed by atoms with Gasteiger partial charge in [0.25, 0.3) is 0 Å². The summed E-state index contributed by atoms with van der Waals surface area (Å²) in [6.45, 7) is 0. The van der Waals surface area contributed by atoms with Crippen molar-refractivity contribution in [2.75, 3.05) is 12.4 Å². The lowest BCUT2D eigenvalue weighted by atomic mass is 10.1. The highest BCUT2D eigenvalue weighted by Crippen LogP contribution is 2.27. The summed E-state index contributed by atoms with van der Waals surface area (Å²) in [7, 11) is 1.67. The summed E-state index contributed by atoms with van der Waals surface area (Å²) in [6, 6.07) is 16.1. The predicted octanol–water partition coefficient (Wildman–Crippen LogP) is 3.24. The fourth-order valence-electron chi connectivity index (χ4n) is 2.04. The summed E-state index contributed by atoms with van der Waals surface area (Å²) in [6.07, 6.45) is 1.89. The number of nitrogens with one attached hydrogen (secondary N) is 1. The molecular formula is C15H14N2O. The molecule has 0 saturated heterocycles. The molecule has 1 aliphatic rings. The molecule has 1 unspecified atom stereocenters. The summed E-state index contributed by atoms with van der Waals surface area (Å²) in [4.78, 5) is 4.52. The van der Waals surface area contributed by atoms with Gasteiger partial charge in [0.05, 0.1) is 7.11 Å². The monoisotopic (exact) mass is 238 g/mol. The van der Waals surface area contributed by atoms with E-state index >= 15 is 0 Å². The number of nitrogens with zero attached hydrogens (tertiary/aromatic N) is 1. The number of fused-ring (bicyclic) bond motifs is 1. The van der Waals surface area contributed by atoms with Gasteiger partial charge in [-0.2, -0.15) is 0 Å². The summed E-state index contributed by atoms with van der Waals surface area (Å²) < 4.78 is 5.15. The molecule has 1 N–H and O–H groups in total. The van der Waals surface area contributed by atoms with Crippen LogP contribution in [-0.2, 0) is 0 Å². The molecule has 3 rings (SSSR count). The van der Waals surface area contributed by atoms with Gasteiger partial charge in [0, 0.05) is 17.5 Å². The number of benzene rings is 2. The number of ether oxygens (including phenoxy) is 1. The molecule has 1 heterocycles. The first kappa shape index (κ1) is 10.8. The third-order valence-electron chi connectivity index (χ3n) is 3.05. The smallest absolute Gasteiger partial charge is 0.144 e. The Labute approximate surface area is 106 Å². The van der Waals surface area contributed by atoms with Gasteiger partial charge in [0.1, 0.15) is 11.9 Å². The van der Waals surface area contributed by atoms with Crippen molar-refractivity contribution in [3.05, 3.63) is 59.7 Å². The van der Waals surface area contributed by atoms with Gasteiger partial charge in [-0.05, 0) is 23.8 Å². The topological polar surface area (TPSA) is 33.6 Å². The molecule has 0 saturated carbocycles. The van der Waals surface area contributed by atoms with E-state index < -0.39 is 0 Å². The van der Waals surface area contributed by atoms with Gasteiger partial charge in [-0.15, -0.1) is 0 Å². The van der Waals surface area contributed by atoms with Crippen molar-refractivity contribution in [2.45, 2.75) is 6.17 Å². The second kappa shape index (κ2) is 4.53. The Hall–Kier alpha value is -2.29. The van der Waals surface area contributed by atoms with Gasteiger partial charge in [0.15, 0.2) is 0 Å². The third kappa shape index (κ3) is 1.95. The van der Waals surface area contributed by atoms with Crippen molar-refractivity contribution < 1.29 is 4.74 Å². The van der Waals surface area contributed by atoms with E-state index in [9.17, 15) is 0 Å². The maximum Gasteiger partial charge on any atom is 0.144 e. The van der Waals surface area contributed by atoms with Crippen LogP contribution in [0.25, 0.3) is 0 Å². The van der Waals surface area contributed by atoms with E-state index in [1.807, 2.05) is 42.6 Å². The fourth-order valence-corrected chi connectivity index (χ4v) is 2.04. The van der Waals surface area contributed by atoms with Gasteiger partial charge in [-0.25, -0.2) is 0 Å². The maximum atomic E-state index is 5.15. The molecule has 18 heavy (non-hydrogen) atoms. The Kier molecular flexibility index (Phi) is 2.73. The SMILES string of the molecule is COc1ccc(C2N=Cc3ccccc3N2)cc1. The van der Waals surface area contributed by atoms with Crippen molar-refractivity contribution in [1.29, 1.82) is 0 Å². The lowest BCUT2D eigenvalue weighted by Gasteiger charge is -2.21. The van der Waals surface area contributed by atoms with Crippen molar-refractivity contribution in [1.82, 2.24) is 0 Å². The standard InChI is InChI=1S/C15H14N2O/c1-18-13-8-6-11(7-9-13)15-16-10-12-4-2-3-5-14(12)17-15/h2-10,15,17H,1H3. The highest BCUT2D eigenvalue weighted by Gasteiger charge is 2.14. The highest BCUT2D eigenvalue weighted by molar-refractivity contribution is 5.89. The average molecular weight is 238 g/mol. The number of hydrogen-bond acceptors (Lipinski definition) is 3. The van der Waals surface area contributed by atoms with E-state index in [1.54, 1.807) is 7.11 Å². The molecule has 0 radical (unpaired) electrons. The van der Waals surface area contributed by atoms with Crippen LogP contribution in [0.15, 0.2) is 53.5 Å². The number of methoxy groups -OCH3 is 1. The first-order valence-corrected chi connectivity index (χ1v) is 5.89. The molecule has 3 heteroatoms. The molecule has 90 valence electrons. The van der Waals surface area contributed by atoms with Gasteiger partial charge in [0.2, 0.25) is 0 Å². The molecule has 0 amide bonds. The van der Waals surface area contributed by atoms with Crippen LogP contribution < -0.4 is 10.1 Å². The van der Waals surface area contributed by atoms with Crippen LogP contribution in [0.3, 0.4) is 0 Å². The molecule has 0 fully saturated rings. The molecule has 0 aliphatic carbocycles. The molecule has 3 nitrogen and oxygen atoms in total. The summed E-state index contributed by atoms with van der Waals surface area (Å²) in [5, 5.41) is 3.41.